The number of hydrogen-bond donors (Lipinski definition) is 3. The monoisotopic (exact) mass is 302 g/mol. The highest BCUT2D eigenvalue weighted by molar-refractivity contribution is 7.89. The number of amides is 1. The SMILES string of the molecule is CCNc1cc(S(=O)(=O)NCC(N)=O)ccc1[N+](=O)[O-]. The van der Waals surface area contributed by atoms with Crippen LogP contribution in [0.25, 0.3) is 0 Å². The van der Waals surface area contributed by atoms with Crippen molar-refractivity contribution >= 4 is 27.3 Å². The molecule has 10 heteroatoms. The summed E-state index contributed by atoms with van der Waals surface area (Å²) in [5.41, 5.74) is 4.70. The van der Waals surface area contributed by atoms with Gasteiger partial charge in [-0.25, -0.2) is 13.1 Å². The van der Waals surface area contributed by atoms with Gasteiger partial charge in [0, 0.05) is 12.6 Å². The fraction of sp³-hybridized carbons (Fsp3) is 0.300. The third kappa shape index (κ3) is 3.90. The Morgan fingerprint density at radius 3 is 2.60 bits per heavy atom. The molecule has 110 valence electrons. The molecule has 1 rings (SSSR count). The molecule has 20 heavy (non-hydrogen) atoms. The van der Waals surface area contributed by atoms with E-state index in [2.05, 4.69) is 5.32 Å². The lowest BCUT2D eigenvalue weighted by atomic mass is 10.2. The van der Waals surface area contributed by atoms with Crippen LogP contribution in [0.4, 0.5) is 11.4 Å². The number of hydrogen-bond acceptors (Lipinski definition) is 6. The van der Waals surface area contributed by atoms with E-state index in [1.807, 2.05) is 4.72 Å². The van der Waals surface area contributed by atoms with Crippen molar-refractivity contribution < 1.29 is 18.1 Å². The van der Waals surface area contributed by atoms with Crippen LogP contribution < -0.4 is 15.8 Å². The van der Waals surface area contributed by atoms with Gasteiger partial charge in [-0.2, -0.15) is 0 Å². The van der Waals surface area contributed by atoms with Gasteiger partial charge in [0.1, 0.15) is 5.69 Å². The Bertz CT molecular complexity index is 629. The number of nitrogens with two attached hydrogens (primary N) is 1. The highest BCUT2D eigenvalue weighted by Crippen LogP contribution is 2.27. The van der Waals surface area contributed by atoms with Gasteiger partial charge >= 0.3 is 0 Å². The van der Waals surface area contributed by atoms with Crippen LogP contribution >= 0.6 is 0 Å². The fourth-order valence-electron chi connectivity index (χ4n) is 1.42. The standard InChI is InChI=1S/C10H14N4O5S/c1-2-12-8-5-7(3-4-9(8)14(16)17)20(18,19)13-6-10(11)15/h3-5,12-13H,2,6H2,1H3,(H2,11,15). The van der Waals surface area contributed by atoms with E-state index in [4.69, 9.17) is 5.73 Å². The van der Waals surface area contributed by atoms with Crippen molar-refractivity contribution in [3.63, 3.8) is 0 Å². The zero-order valence-corrected chi connectivity index (χ0v) is 11.4. The topological polar surface area (TPSA) is 144 Å². The lowest BCUT2D eigenvalue weighted by Gasteiger charge is -2.08. The van der Waals surface area contributed by atoms with Gasteiger partial charge in [-0.05, 0) is 19.1 Å². The molecule has 0 saturated heterocycles. The van der Waals surface area contributed by atoms with Crippen LogP contribution in [-0.2, 0) is 14.8 Å². The number of carbonyl (C=O) groups excluding carboxylic acids is 1. The quantitative estimate of drug-likeness (QED) is 0.469. The van der Waals surface area contributed by atoms with Gasteiger partial charge in [0.2, 0.25) is 15.9 Å². The second-order valence-corrected chi connectivity index (χ2v) is 5.52. The van der Waals surface area contributed by atoms with E-state index in [-0.39, 0.29) is 16.3 Å². The first-order chi connectivity index (χ1) is 9.27. The first kappa shape index (κ1) is 15.9. The van der Waals surface area contributed by atoms with Gasteiger partial charge in [0.25, 0.3) is 5.69 Å². The number of nitrogens with zero attached hydrogens (tertiary/aromatic N) is 1. The Morgan fingerprint density at radius 1 is 1.45 bits per heavy atom. The summed E-state index contributed by atoms with van der Waals surface area (Å²) in [5, 5.41) is 13.5. The number of anilines is 1. The van der Waals surface area contributed by atoms with Crippen LogP contribution in [-0.4, -0.2) is 32.3 Å². The summed E-state index contributed by atoms with van der Waals surface area (Å²) >= 11 is 0. The summed E-state index contributed by atoms with van der Waals surface area (Å²) < 4.78 is 25.7. The van der Waals surface area contributed by atoms with E-state index in [1.54, 1.807) is 6.92 Å². The number of nitrogens with one attached hydrogen (secondary N) is 2. The summed E-state index contributed by atoms with van der Waals surface area (Å²) in [5.74, 6) is -0.831. The molecule has 0 atom stereocenters. The number of nitro benzene ring substituents is 1. The highest BCUT2D eigenvalue weighted by atomic mass is 32.2. The summed E-state index contributed by atoms with van der Waals surface area (Å²) in [6.45, 7) is 1.56. The Labute approximate surface area is 115 Å². The largest absolute Gasteiger partial charge is 0.380 e. The van der Waals surface area contributed by atoms with E-state index in [0.29, 0.717) is 6.54 Å². The Balaban J connectivity index is 3.17. The van der Waals surface area contributed by atoms with E-state index in [1.165, 1.54) is 0 Å². The Morgan fingerprint density at radius 2 is 2.10 bits per heavy atom. The maximum absolute atomic E-state index is 11.9. The van der Waals surface area contributed by atoms with Crippen molar-refractivity contribution in [3.05, 3.63) is 28.3 Å². The molecule has 1 aromatic rings. The summed E-state index contributed by atoms with van der Waals surface area (Å²) in [4.78, 5) is 20.6. The summed E-state index contributed by atoms with van der Waals surface area (Å²) in [6.07, 6.45) is 0. The zero-order chi connectivity index (χ0) is 15.3. The number of rotatable bonds is 7. The average molecular weight is 302 g/mol. The molecule has 0 aliphatic heterocycles. The van der Waals surface area contributed by atoms with Crippen LogP contribution in [0.15, 0.2) is 23.1 Å². The van der Waals surface area contributed by atoms with Crippen molar-refractivity contribution in [1.82, 2.24) is 4.72 Å². The minimum atomic E-state index is -3.95. The molecular weight excluding hydrogens is 288 g/mol. The summed E-state index contributed by atoms with van der Waals surface area (Å²) in [6, 6.07) is 3.30. The van der Waals surface area contributed by atoms with Crippen LogP contribution in [0.1, 0.15) is 6.92 Å². The molecule has 0 fully saturated rings. The first-order valence-corrected chi connectivity index (χ1v) is 7.06. The number of sulfonamides is 1. The second kappa shape index (κ2) is 6.30. The van der Waals surface area contributed by atoms with Crippen molar-refractivity contribution in [1.29, 1.82) is 0 Å². The molecule has 9 nitrogen and oxygen atoms in total. The van der Waals surface area contributed by atoms with Crippen LogP contribution in [0.3, 0.4) is 0 Å². The Hall–Kier alpha value is -2.20. The summed E-state index contributed by atoms with van der Waals surface area (Å²) in [7, 11) is -3.95. The number of nitro groups is 1. The molecular formula is C10H14N4O5S. The second-order valence-electron chi connectivity index (χ2n) is 3.76. The van der Waals surface area contributed by atoms with Crippen molar-refractivity contribution in [3.8, 4) is 0 Å². The van der Waals surface area contributed by atoms with Crippen LogP contribution in [0.5, 0.6) is 0 Å². The van der Waals surface area contributed by atoms with Crippen molar-refractivity contribution in [2.45, 2.75) is 11.8 Å². The third-order valence-electron chi connectivity index (χ3n) is 2.28. The fourth-order valence-corrected chi connectivity index (χ4v) is 2.44. The average Bonchev–Trinajstić information content (AvgIpc) is 2.36. The number of primary amides is 1. The number of benzene rings is 1. The van der Waals surface area contributed by atoms with Crippen LogP contribution in [0.2, 0.25) is 0 Å². The molecule has 4 N–H and O–H groups in total. The van der Waals surface area contributed by atoms with Gasteiger partial charge < -0.3 is 11.1 Å². The molecule has 0 aliphatic carbocycles. The molecule has 0 spiro atoms. The van der Waals surface area contributed by atoms with E-state index >= 15 is 0 Å². The molecule has 0 unspecified atom stereocenters. The molecule has 1 amide bonds. The first-order valence-electron chi connectivity index (χ1n) is 5.58. The van der Waals surface area contributed by atoms with Gasteiger partial charge in [-0.3, -0.25) is 14.9 Å². The molecule has 0 aromatic heterocycles. The predicted octanol–water partition coefficient (Wildman–Crippen LogP) is -0.210. The van der Waals surface area contributed by atoms with Crippen LogP contribution in [0, 0.1) is 10.1 Å². The maximum atomic E-state index is 11.9. The van der Waals surface area contributed by atoms with E-state index in [0.717, 1.165) is 18.2 Å². The molecule has 0 radical (unpaired) electrons. The van der Waals surface area contributed by atoms with Crippen molar-refractivity contribution in [2.24, 2.45) is 5.73 Å². The van der Waals surface area contributed by atoms with E-state index < -0.39 is 27.4 Å². The van der Waals surface area contributed by atoms with Crippen molar-refractivity contribution in [2.75, 3.05) is 18.4 Å². The van der Waals surface area contributed by atoms with E-state index in [9.17, 15) is 23.3 Å². The Kier molecular flexibility index (Phi) is 5.00. The van der Waals surface area contributed by atoms with Gasteiger partial charge in [-0.15, -0.1) is 0 Å². The van der Waals surface area contributed by atoms with Gasteiger partial charge in [-0.1, -0.05) is 0 Å². The lowest BCUT2D eigenvalue weighted by molar-refractivity contribution is -0.384. The van der Waals surface area contributed by atoms with Gasteiger partial charge in [0.15, 0.2) is 0 Å². The van der Waals surface area contributed by atoms with Gasteiger partial charge in [0.05, 0.1) is 16.4 Å². The minimum absolute atomic E-state index is 0.0828. The smallest absolute Gasteiger partial charge is 0.292 e. The lowest BCUT2D eigenvalue weighted by Crippen LogP contribution is -2.33. The molecule has 0 aliphatic rings. The molecule has 1 aromatic carbocycles. The molecule has 0 heterocycles. The zero-order valence-electron chi connectivity index (χ0n) is 10.6. The minimum Gasteiger partial charge on any atom is -0.380 e. The maximum Gasteiger partial charge on any atom is 0.292 e. The highest BCUT2D eigenvalue weighted by Gasteiger charge is 2.20. The number of carbonyl (C=O) groups is 1. The third-order valence-corrected chi connectivity index (χ3v) is 3.68. The predicted molar refractivity (Wildman–Crippen MR) is 71.6 cm³/mol. The molecule has 0 bridgehead atoms. The molecule has 0 saturated carbocycles. The normalized spacial score (nSPS) is 11.1.